The molecule has 1 heterocycles. The lowest BCUT2D eigenvalue weighted by Gasteiger charge is -2.24. The van der Waals surface area contributed by atoms with E-state index in [2.05, 4.69) is 33.8 Å². The van der Waals surface area contributed by atoms with Gasteiger partial charge in [0.15, 0.2) is 12.4 Å². The third kappa shape index (κ3) is 15.4. The Morgan fingerprint density at radius 2 is 1.44 bits per heavy atom. The van der Waals surface area contributed by atoms with Crippen molar-refractivity contribution in [1.29, 1.82) is 0 Å². The fourth-order valence-electron chi connectivity index (χ4n) is 5.08. The Balaban J connectivity index is 0.00000924. The van der Waals surface area contributed by atoms with E-state index in [4.69, 9.17) is 9.47 Å². The lowest BCUT2D eigenvalue weighted by Crippen LogP contribution is -3.00. The molecule has 0 aliphatic rings. The molecule has 2 aromatic rings. The Hall–Kier alpha value is -2.16. The monoisotopic (exact) mass is 708 g/mol. The highest BCUT2D eigenvalue weighted by Gasteiger charge is 2.23. The van der Waals surface area contributed by atoms with Crippen LogP contribution in [0.2, 0.25) is 0 Å². The number of pyridine rings is 1. The number of hydrogen-bond acceptors (Lipinski definition) is 4. The molecule has 0 aliphatic carbocycles. The van der Waals surface area contributed by atoms with E-state index in [1.165, 1.54) is 77.6 Å². The normalized spacial score (nSPS) is 11.1. The summed E-state index contributed by atoms with van der Waals surface area (Å²) in [6.45, 7) is 14.0. The van der Waals surface area contributed by atoms with Crippen LogP contribution in [-0.2, 0) is 34.6 Å². The number of aryl methyl sites for hydroxylation is 1. The third-order valence-corrected chi connectivity index (χ3v) is 7.70. The molecule has 0 aliphatic heterocycles. The highest BCUT2D eigenvalue weighted by molar-refractivity contribution is 5.90. The minimum absolute atomic E-state index is 0. The van der Waals surface area contributed by atoms with Crippen molar-refractivity contribution in [2.45, 2.75) is 144 Å². The van der Waals surface area contributed by atoms with Gasteiger partial charge in [-0.05, 0) is 48.1 Å². The summed E-state index contributed by atoms with van der Waals surface area (Å²) in [5.41, 5.74) is 2.71. The number of benzene rings is 1. The van der Waals surface area contributed by atoms with Gasteiger partial charge in [0.1, 0.15) is 18.9 Å². The highest BCUT2D eigenvalue weighted by Crippen LogP contribution is 2.32. The predicted molar refractivity (Wildman–Crippen MR) is 170 cm³/mol. The standard InChI is InChI=1S/C36H57N2O4.HI/c1-7-9-10-11-12-13-14-15-16-17-18-19-25-41-34-23-22-31(26-33(34)36(4,5)6)29-42-35(40)38(30(3)39)28-32-21-20-24-37(8-2)27-32;/h20-24,26-27H,7-19,25,28-29H2,1-6H3;1H/q+1;/p-1. The summed E-state index contributed by atoms with van der Waals surface area (Å²) < 4.78 is 13.8. The van der Waals surface area contributed by atoms with Crippen molar-refractivity contribution < 1.29 is 47.6 Å². The molecular formula is C36H57IN2O4. The number of hydrogen-bond donors (Lipinski definition) is 0. The quantitative estimate of drug-likeness (QED) is 0.101. The number of unbranched alkanes of at least 4 members (excludes halogenated alkanes) is 11. The van der Waals surface area contributed by atoms with Crippen LogP contribution >= 0.6 is 0 Å². The largest absolute Gasteiger partial charge is 1.00 e. The molecular weight excluding hydrogens is 651 g/mol. The summed E-state index contributed by atoms with van der Waals surface area (Å²) in [6, 6.07) is 9.81. The van der Waals surface area contributed by atoms with Crippen LogP contribution in [0.15, 0.2) is 42.7 Å². The van der Waals surface area contributed by atoms with Gasteiger partial charge < -0.3 is 33.5 Å². The molecule has 43 heavy (non-hydrogen) atoms. The van der Waals surface area contributed by atoms with Crippen LogP contribution in [0.25, 0.3) is 0 Å². The molecule has 1 aromatic heterocycles. The third-order valence-electron chi connectivity index (χ3n) is 7.70. The smallest absolute Gasteiger partial charge is 0.417 e. The lowest BCUT2D eigenvalue weighted by atomic mass is 9.85. The molecule has 0 radical (unpaired) electrons. The molecule has 0 fully saturated rings. The molecule has 2 rings (SSSR count). The number of aromatic nitrogens is 1. The average Bonchev–Trinajstić information content (AvgIpc) is 2.96. The number of carbonyl (C=O) groups is 2. The van der Waals surface area contributed by atoms with Gasteiger partial charge in [-0.2, -0.15) is 0 Å². The van der Waals surface area contributed by atoms with E-state index in [9.17, 15) is 9.59 Å². The van der Waals surface area contributed by atoms with Gasteiger partial charge in [-0.1, -0.05) is 104 Å². The number of ether oxygens (including phenoxy) is 2. The highest BCUT2D eigenvalue weighted by atomic mass is 127. The molecule has 0 atom stereocenters. The second-order valence-electron chi connectivity index (χ2n) is 12.5. The van der Waals surface area contributed by atoms with Gasteiger partial charge in [-0.15, -0.1) is 0 Å². The van der Waals surface area contributed by atoms with Gasteiger partial charge >= 0.3 is 6.09 Å². The molecule has 0 bridgehead atoms. The van der Waals surface area contributed by atoms with E-state index >= 15 is 0 Å². The van der Waals surface area contributed by atoms with Gasteiger partial charge in [0, 0.05) is 18.6 Å². The zero-order valence-electron chi connectivity index (χ0n) is 27.8. The van der Waals surface area contributed by atoms with Crippen molar-refractivity contribution in [2.75, 3.05) is 6.61 Å². The fourth-order valence-corrected chi connectivity index (χ4v) is 5.08. The van der Waals surface area contributed by atoms with E-state index in [1.807, 2.05) is 48.1 Å². The summed E-state index contributed by atoms with van der Waals surface area (Å²) in [7, 11) is 0. The van der Waals surface area contributed by atoms with E-state index in [0.29, 0.717) is 6.61 Å². The van der Waals surface area contributed by atoms with Gasteiger partial charge in [-0.25, -0.2) is 14.3 Å². The Labute approximate surface area is 278 Å². The van der Waals surface area contributed by atoms with E-state index in [1.54, 1.807) is 0 Å². The molecule has 0 N–H and O–H groups in total. The number of halogens is 1. The molecule has 6 nitrogen and oxygen atoms in total. The maximum atomic E-state index is 12.9. The SMILES string of the molecule is CCCCCCCCCCCCCCOc1ccc(COC(=O)N(Cc2ccc[n+](CC)c2)C(C)=O)cc1C(C)(C)C.[I-]. The van der Waals surface area contributed by atoms with E-state index in [-0.39, 0.29) is 48.5 Å². The zero-order chi connectivity index (χ0) is 30.8. The van der Waals surface area contributed by atoms with Crippen molar-refractivity contribution in [3.05, 3.63) is 59.4 Å². The van der Waals surface area contributed by atoms with E-state index in [0.717, 1.165) is 40.3 Å². The molecule has 1 aromatic carbocycles. The average molecular weight is 709 g/mol. The number of carbonyl (C=O) groups excluding carboxylic acids is 2. The molecule has 0 unspecified atom stereocenters. The summed E-state index contributed by atoms with van der Waals surface area (Å²) in [6.07, 6.45) is 19.1. The summed E-state index contributed by atoms with van der Waals surface area (Å²) in [5, 5.41) is 0. The molecule has 2 amide bonds. The van der Waals surface area contributed by atoms with Crippen molar-refractivity contribution in [1.82, 2.24) is 4.90 Å². The maximum absolute atomic E-state index is 12.9. The van der Waals surface area contributed by atoms with Crippen molar-refractivity contribution in [3.8, 4) is 5.75 Å². The van der Waals surface area contributed by atoms with Gasteiger partial charge in [0.25, 0.3) is 0 Å². The lowest BCUT2D eigenvalue weighted by molar-refractivity contribution is -0.694. The Morgan fingerprint density at radius 3 is 2.00 bits per heavy atom. The Kier molecular flexibility index (Phi) is 19.5. The number of rotatable bonds is 19. The topological polar surface area (TPSA) is 59.7 Å². The first-order valence-electron chi connectivity index (χ1n) is 16.3. The minimum atomic E-state index is -0.640. The first-order valence-corrected chi connectivity index (χ1v) is 16.3. The summed E-state index contributed by atoms with van der Waals surface area (Å²) >= 11 is 0. The first kappa shape index (κ1) is 38.9. The molecule has 7 heteroatoms. The summed E-state index contributed by atoms with van der Waals surface area (Å²) in [5.74, 6) is 0.545. The molecule has 242 valence electrons. The van der Waals surface area contributed by atoms with Crippen LogP contribution in [0, 0.1) is 0 Å². The Morgan fingerprint density at radius 1 is 0.837 bits per heavy atom. The minimum Gasteiger partial charge on any atom is -1.00 e. The van der Waals surface area contributed by atoms with Crippen LogP contribution in [-0.4, -0.2) is 23.5 Å². The number of amides is 2. The zero-order valence-corrected chi connectivity index (χ0v) is 29.9. The van der Waals surface area contributed by atoms with E-state index < -0.39 is 6.09 Å². The van der Waals surface area contributed by atoms with Crippen molar-refractivity contribution in [2.24, 2.45) is 0 Å². The van der Waals surface area contributed by atoms with Crippen molar-refractivity contribution >= 4 is 12.0 Å². The number of nitrogens with zero attached hydrogens (tertiary/aromatic N) is 2. The fraction of sp³-hybridized carbons (Fsp3) is 0.639. The second kappa shape index (κ2) is 21.5. The van der Waals surface area contributed by atoms with Crippen LogP contribution in [0.4, 0.5) is 4.79 Å². The molecule has 0 spiro atoms. The number of imide groups is 1. The van der Waals surface area contributed by atoms with Crippen molar-refractivity contribution in [3.63, 3.8) is 0 Å². The van der Waals surface area contributed by atoms with Gasteiger partial charge in [0.05, 0.1) is 13.2 Å². The van der Waals surface area contributed by atoms with Gasteiger partial charge in [0.2, 0.25) is 5.91 Å². The van der Waals surface area contributed by atoms with Crippen LogP contribution in [0.5, 0.6) is 5.75 Å². The van der Waals surface area contributed by atoms with Gasteiger partial charge in [-0.3, -0.25) is 4.79 Å². The predicted octanol–water partition coefficient (Wildman–Crippen LogP) is 6.06. The van der Waals surface area contributed by atoms with Crippen LogP contribution < -0.4 is 33.3 Å². The van der Waals surface area contributed by atoms with Crippen LogP contribution in [0.1, 0.15) is 135 Å². The molecule has 0 saturated heterocycles. The maximum Gasteiger partial charge on any atom is 0.417 e. The second-order valence-corrected chi connectivity index (χ2v) is 12.5. The first-order chi connectivity index (χ1) is 20.2. The van der Waals surface area contributed by atoms with Crippen LogP contribution in [0.3, 0.4) is 0 Å². The molecule has 0 saturated carbocycles. The summed E-state index contributed by atoms with van der Waals surface area (Å²) in [4.78, 5) is 26.3. The Bertz CT molecular complexity index is 1080.